The van der Waals surface area contributed by atoms with Crippen molar-refractivity contribution in [2.75, 3.05) is 14.2 Å². The smallest absolute Gasteiger partial charge is 0.336 e. The van der Waals surface area contributed by atoms with Gasteiger partial charge in [0.05, 0.1) is 25.4 Å². The van der Waals surface area contributed by atoms with Gasteiger partial charge >= 0.3 is 17.9 Å². The summed E-state index contributed by atoms with van der Waals surface area (Å²) >= 11 is 0. The summed E-state index contributed by atoms with van der Waals surface area (Å²) < 4.78 is 33.4. The number of carbonyl (C=O) groups is 3. The van der Waals surface area contributed by atoms with E-state index in [9.17, 15) is 18.8 Å². The number of nitrogens with one attached hydrogen (secondary N) is 1. The van der Waals surface area contributed by atoms with Crippen molar-refractivity contribution < 1.29 is 37.4 Å². The van der Waals surface area contributed by atoms with Gasteiger partial charge in [0.25, 0.3) is 0 Å². The first-order valence-electron chi connectivity index (χ1n) is 9.49. The summed E-state index contributed by atoms with van der Waals surface area (Å²) in [7, 11) is 2.33. The lowest BCUT2D eigenvalue weighted by atomic mass is 9.85. The van der Waals surface area contributed by atoms with Crippen molar-refractivity contribution in [2.45, 2.75) is 20.5 Å². The highest BCUT2D eigenvalue weighted by atomic mass is 19.1. The average Bonchev–Trinajstić information content (AvgIpc) is 3.25. The number of hydrogen-bond acceptors (Lipinski definition) is 9. The Kier molecular flexibility index (Phi) is 6.72. The Morgan fingerprint density at radius 1 is 1.03 bits per heavy atom. The molecule has 1 aliphatic heterocycles. The molecular formula is C22H21FN2O7. The van der Waals surface area contributed by atoms with Gasteiger partial charge in [-0.1, -0.05) is 0 Å². The molecule has 0 aliphatic carbocycles. The summed E-state index contributed by atoms with van der Waals surface area (Å²) in [5, 5.41) is 2.89. The number of oxazole rings is 1. The first-order chi connectivity index (χ1) is 15.3. The third-order valence-electron chi connectivity index (χ3n) is 4.81. The van der Waals surface area contributed by atoms with Crippen LogP contribution in [0.4, 0.5) is 4.39 Å². The zero-order valence-electron chi connectivity index (χ0n) is 17.9. The highest BCUT2D eigenvalue weighted by Crippen LogP contribution is 2.32. The van der Waals surface area contributed by atoms with Gasteiger partial charge in [0.1, 0.15) is 30.3 Å². The first-order valence-corrected chi connectivity index (χ1v) is 9.49. The van der Waals surface area contributed by atoms with Crippen LogP contribution >= 0.6 is 0 Å². The zero-order chi connectivity index (χ0) is 23.4. The monoisotopic (exact) mass is 444 g/mol. The number of benzene rings is 1. The second kappa shape index (κ2) is 9.46. The topological polar surface area (TPSA) is 117 Å². The van der Waals surface area contributed by atoms with E-state index < -0.39 is 29.6 Å². The van der Waals surface area contributed by atoms with Gasteiger partial charge in [0.15, 0.2) is 0 Å². The molecule has 0 bridgehead atoms. The van der Waals surface area contributed by atoms with Crippen molar-refractivity contribution in [2.24, 2.45) is 5.92 Å². The minimum atomic E-state index is -1.35. The van der Waals surface area contributed by atoms with Crippen LogP contribution in [-0.4, -0.2) is 37.1 Å². The molecule has 0 saturated heterocycles. The van der Waals surface area contributed by atoms with E-state index in [0.717, 1.165) is 0 Å². The van der Waals surface area contributed by atoms with E-state index in [1.54, 1.807) is 13.8 Å². The molecule has 0 unspecified atom stereocenters. The fraction of sp³-hybridized carbons (Fsp3) is 0.273. The van der Waals surface area contributed by atoms with Crippen molar-refractivity contribution in [1.29, 1.82) is 0 Å². The molecule has 0 fully saturated rings. The largest absolute Gasteiger partial charge is 0.466 e. The Morgan fingerprint density at radius 3 is 2.12 bits per heavy atom. The van der Waals surface area contributed by atoms with Crippen molar-refractivity contribution in [1.82, 2.24) is 10.3 Å². The molecule has 1 aliphatic rings. The molecule has 32 heavy (non-hydrogen) atoms. The van der Waals surface area contributed by atoms with E-state index in [2.05, 4.69) is 10.3 Å². The second-order valence-corrected chi connectivity index (χ2v) is 6.88. The SMILES string of the molecule is COC(=O)C1=C(C)NC(C)=C(C(=O)OC)C1C(=O)OCc1coc(-c2ccc(F)cc2)n1. The molecule has 0 radical (unpaired) electrons. The Balaban J connectivity index is 1.83. The molecular weight excluding hydrogens is 423 g/mol. The lowest BCUT2D eigenvalue weighted by molar-refractivity contribution is -0.152. The predicted molar refractivity (Wildman–Crippen MR) is 108 cm³/mol. The van der Waals surface area contributed by atoms with E-state index >= 15 is 0 Å². The normalized spacial score (nSPS) is 14.2. The number of methoxy groups -OCH3 is 2. The third kappa shape index (κ3) is 4.53. The predicted octanol–water partition coefficient (Wildman–Crippen LogP) is 2.64. The Bertz CT molecular complexity index is 1080. The van der Waals surface area contributed by atoms with Crippen molar-refractivity contribution in [3.8, 4) is 11.5 Å². The van der Waals surface area contributed by atoms with Crippen LogP contribution in [0.15, 0.2) is 57.5 Å². The third-order valence-corrected chi connectivity index (χ3v) is 4.81. The summed E-state index contributed by atoms with van der Waals surface area (Å²) in [4.78, 5) is 41.9. The molecule has 0 amide bonds. The van der Waals surface area contributed by atoms with Gasteiger partial charge in [-0.3, -0.25) is 4.79 Å². The molecule has 168 valence electrons. The van der Waals surface area contributed by atoms with Gasteiger partial charge in [0, 0.05) is 17.0 Å². The summed E-state index contributed by atoms with van der Waals surface area (Å²) in [6, 6.07) is 5.53. The number of ether oxygens (including phenoxy) is 3. The molecule has 1 aromatic carbocycles. The van der Waals surface area contributed by atoms with Gasteiger partial charge in [-0.05, 0) is 38.1 Å². The number of allylic oxidation sites excluding steroid dienone is 2. The van der Waals surface area contributed by atoms with Gasteiger partial charge in [0.2, 0.25) is 5.89 Å². The quantitative estimate of drug-likeness (QED) is 0.530. The Hall–Kier alpha value is -3.95. The number of dihydropyridines is 1. The van der Waals surface area contributed by atoms with E-state index in [0.29, 0.717) is 17.0 Å². The molecule has 0 saturated carbocycles. The summed E-state index contributed by atoms with van der Waals surface area (Å²) in [5.74, 6) is -3.96. The lowest BCUT2D eigenvalue weighted by Crippen LogP contribution is -2.37. The second-order valence-electron chi connectivity index (χ2n) is 6.88. The van der Waals surface area contributed by atoms with Crippen molar-refractivity contribution >= 4 is 17.9 Å². The van der Waals surface area contributed by atoms with Crippen LogP contribution in [0, 0.1) is 11.7 Å². The van der Waals surface area contributed by atoms with E-state index in [1.165, 1.54) is 44.7 Å². The van der Waals surface area contributed by atoms with Crippen LogP contribution in [0.3, 0.4) is 0 Å². The number of aromatic nitrogens is 1. The fourth-order valence-corrected chi connectivity index (χ4v) is 3.32. The van der Waals surface area contributed by atoms with Gasteiger partial charge in [-0.2, -0.15) is 0 Å². The molecule has 9 nitrogen and oxygen atoms in total. The van der Waals surface area contributed by atoms with Crippen molar-refractivity contribution in [3.63, 3.8) is 0 Å². The number of rotatable bonds is 6. The maximum absolute atomic E-state index is 13.1. The van der Waals surface area contributed by atoms with Crippen LogP contribution in [0.5, 0.6) is 0 Å². The maximum atomic E-state index is 13.1. The van der Waals surface area contributed by atoms with Gasteiger partial charge < -0.3 is 23.9 Å². The van der Waals surface area contributed by atoms with Gasteiger partial charge in [-0.25, -0.2) is 19.0 Å². The summed E-state index contributed by atoms with van der Waals surface area (Å²) in [5.41, 5.74) is 1.41. The molecule has 10 heteroatoms. The fourth-order valence-electron chi connectivity index (χ4n) is 3.32. The van der Waals surface area contributed by atoms with Crippen LogP contribution < -0.4 is 5.32 Å². The maximum Gasteiger partial charge on any atom is 0.336 e. The number of nitrogens with zero attached hydrogens (tertiary/aromatic N) is 1. The minimum Gasteiger partial charge on any atom is -0.466 e. The summed E-state index contributed by atoms with van der Waals surface area (Å²) in [6.45, 7) is 2.88. The highest BCUT2D eigenvalue weighted by molar-refractivity contribution is 6.05. The van der Waals surface area contributed by atoms with Crippen LogP contribution in [0.25, 0.3) is 11.5 Å². The van der Waals surface area contributed by atoms with Crippen molar-refractivity contribution in [3.05, 3.63) is 64.6 Å². The number of halogens is 1. The van der Waals surface area contributed by atoms with E-state index in [-0.39, 0.29) is 29.3 Å². The molecule has 2 heterocycles. The summed E-state index contributed by atoms with van der Waals surface area (Å²) in [6.07, 6.45) is 1.29. The lowest BCUT2D eigenvalue weighted by Gasteiger charge is -2.28. The zero-order valence-corrected chi connectivity index (χ0v) is 17.9. The molecule has 1 aromatic heterocycles. The van der Waals surface area contributed by atoms with E-state index in [1.807, 2.05) is 0 Å². The van der Waals surface area contributed by atoms with Gasteiger partial charge in [-0.15, -0.1) is 0 Å². The number of esters is 3. The standard InChI is InChI=1S/C22H21FN2O7/c1-11-16(20(26)29-3)18(17(12(2)24-11)21(27)30-4)22(28)32-10-15-9-31-19(25-15)13-5-7-14(23)8-6-13/h5-9,18,24H,10H2,1-4H3. The minimum absolute atomic E-state index is 0.0596. The molecule has 2 aromatic rings. The molecule has 0 spiro atoms. The van der Waals surface area contributed by atoms with Crippen LogP contribution in [-0.2, 0) is 35.2 Å². The Morgan fingerprint density at radius 2 is 1.59 bits per heavy atom. The molecule has 0 atom stereocenters. The number of hydrogen-bond donors (Lipinski definition) is 1. The number of carbonyl (C=O) groups excluding carboxylic acids is 3. The molecule has 3 rings (SSSR count). The Labute approximate surface area is 182 Å². The van der Waals surface area contributed by atoms with Crippen LogP contribution in [0.2, 0.25) is 0 Å². The highest BCUT2D eigenvalue weighted by Gasteiger charge is 2.42. The van der Waals surface area contributed by atoms with Crippen LogP contribution in [0.1, 0.15) is 19.5 Å². The first kappa shape index (κ1) is 22.7. The molecule has 1 N–H and O–H groups in total. The average molecular weight is 444 g/mol. The van der Waals surface area contributed by atoms with E-state index in [4.69, 9.17) is 18.6 Å².